The highest BCUT2D eigenvalue weighted by Gasteiger charge is 2.33. The molecule has 0 spiro atoms. The number of ether oxygens (including phenoxy) is 4. The molecule has 0 fully saturated rings. The first-order valence-electron chi connectivity index (χ1n) is 13.2. The molecule has 1 amide bonds. The summed E-state index contributed by atoms with van der Waals surface area (Å²) in [5, 5.41) is 2.32. The van der Waals surface area contributed by atoms with Gasteiger partial charge in [0.15, 0.2) is 6.04 Å². The minimum atomic E-state index is -4.70. The van der Waals surface area contributed by atoms with Gasteiger partial charge in [0, 0.05) is 0 Å². The van der Waals surface area contributed by atoms with Crippen molar-refractivity contribution in [2.75, 3.05) is 19.8 Å². The van der Waals surface area contributed by atoms with Gasteiger partial charge in [0.25, 0.3) is 0 Å². The van der Waals surface area contributed by atoms with E-state index in [2.05, 4.69) is 5.32 Å². The second kappa shape index (κ2) is 16.0. The summed E-state index contributed by atoms with van der Waals surface area (Å²) < 4.78 is 45.1. The largest absolute Gasteiger partial charge is 0.472 e. The van der Waals surface area contributed by atoms with E-state index in [1.54, 1.807) is 41.5 Å². The number of rotatable bonds is 15. The lowest BCUT2D eigenvalue weighted by atomic mass is 10.2. The Kier molecular flexibility index (Phi) is 13.4. The number of hydrogen-bond donors (Lipinski definition) is 2. The van der Waals surface area contributed by atoms with Gasteiger partial charge in [-0.2, -0.15) is 0 Å². The van der Waals surface area contributed by atoms with E-state index in [1.807, 2.05) is 60.7 Å². The Labute approximate surface area is 242 Å². The van der Waals surface area contributed by atoms with Crippen molar-refractivity contribution in [1.82, 2.24) is 5.32 Å². The fourth-order valence-electron chi connectivity index (χ4n) is 3.19. The number of nitrogens with one attached hydrogen (secondary N) is 1. The van der Waals surface area contributed by atoms with Crippen LogP contribution in [0.3, 0.4) is 0 Å². The lowest BCUT2D eigenvalue weighted by Crippen LogP contribution is -2.48. The third kappa shape index (κ3) is 15.7. The first-order valence-corrected chi connectivity index (χ1v) is 14.7. The van der Waals surface area contributed by atoms with Crippen molar-refractivity contribution in [3.05, 3.63) is 71.8 Å². The van der Waals surface area contributed by atoms with E-state index >= 15 is 0 Å². The molecule has 2 aromatic carbocycles. The van der Waals surface area contributed by atoms with Gasteiger partial charge in [-0.3, -0.25) is 9.05 Å². The van der Waals surface area contributed by atoms with Gasteiger partial charge < -0.3 is 29.2 Å². The normalized spacial score (nSPS) is 14.9. The Bertz CT molecular complexity index is 1120. The van der Waals surface area contributed by atoms with Gasteiger partial charge in [-0.1, -0.05) is 60.7 Å². The van der Waals surface area contributed by atoms with Crippen molar-refractivity contribution in [3.63, 3.8) is 0 Å². The smallest absolute Gasteiger partial charge is 0.458 e. The van der Waals surface area contributed by atoms with Crippen LogP contribution >= 0.6 is 7.82 Å². The number of phosphoric acid groups is 1. The molecule has 3 atom stereocenters. The SMILES string of the molecule is CC(C)(C)OC(=O)NC(COP(=O)(O)OC[C@@H](COCc1ccccc1)OCc1ccccc1)C(=O)OC(C)(C)C. The second-order valence-corrected chi connectivity index (χ2v) is 12.7. The molecule has 2 rings (SSSR count). The molecule has 12 heteroatoms. The lowest BCUT2D eigenvalue weighted by molar-refractivity contribution is -0.158. The van der Waals surface area contributed by atoms with Crippen LogP contribution in [0.15, 0.2) is 60.7 Å². The fraction of sp³-hybridized carbons (Fsp3) is 0.517. The highest BCUT2D eigenvalue weighted by molar-refractivity contribution is 7.47. The average Bonchev–Trinajstić information content (AvgIpc) is 2.87. The Hall–Kier alpha value is -2.79. The maximum Gasteiger partial charge on any atom is 0.472 e. The molecule has 0 bridgehead atoms. The third-order valence-electron chi connectivity index (χ3n) is 4.95. The van der Waals surface area contributed by atoms with Crippen molar-refractivity contribution >= 4 is 19.9 Å². The zero-order valence-corrected chi connectivity index (χ0v) is 25.4. The molecule has 0 radical (unpaired) electrons. The fourth-order valence-corrected chi connectivity index (χ4v) is 3.96. The molecule has 0 aromatic heterocycles. The van der Waals surface area contributed by atoms with Gasteiger partial charge in [-0.25, -0.2) is 14.2 Å². The molecule has 0 aliphatic rings. The quantitative estimate of drug-likeness (QED) is 0.210. The van der Waals surface area contributed by atoms with Gasteiger partial charge >= 0.3 is 19.9 Å². The van der Waals surface area contributed by atoms with E-state index in [0.29, 0.717) is 6.61 Å². The number of amides is 1. The highest BCUT2D eigenvalue weighted by atomic mass is 31.2. The summed E-state index contributed by atoms with van der Waals surface area (Å²) in [5.41, 5.74) is 0.137. The van der Waals surface area contributed by atoms with E-state index < -0.39 is 49.8 Å². The summed E-state index contributed by atoms with van der Waals surface area (Å²) >= 11 is 0. The summed E-state index contributed by atoms with van der Waals surface area (Å²) in [6.45, 7) is 9.46. The summed E-state index contributed by atoms with van der Waals surface area (Å²) in [6.07, 6.45) is -1.64. The molecule has 11 nitrogen and oxygen atoms in total. The highest BCUT2D eigenvalue weighted by Crippen LogP contribution is 2.43. The summed E-state index contributed by atoms with van der Waals surface area (Å²) in [4.78, 5) is 35.3. The van der Waals surface area contributed by atoms with Crippen molar-refractivity contribution in [2.45, 2.75) is 78.1 Å². The average molecular weight is 596 g/mol. The van der Waals surface area contributed by atoms with Crippen LogP contribution in [0.5, 0.6) is 0 Å². The second-order valence-electron chi connectivity index (χ2n) is 11.2. The Morgan fingerprint density at radius 1 is 0.780 bits per heavy atom. The van der Waals surface area contributed by atoms with Crippen LogP contribution in [0, 0.1) is 0 Å². The topological polar surface area (TPSA) is 139 Å². The Morgan fingerprint density at radius 3 is 1.83 bits per heavy atom. The maximum atomic E-state index is 12.7. The van der Waals surface area contributed by atoms with Crippen LogP contribution < -0.4 is 5.32 Å². The van der Waals surface area contributed by atoms with Crippen LogP contribution in [-0.2, 0) is 50.6 Å². The number of phosphoric ester groups is 1. The number of hydrogen-bond acceptors (Lipinski definition) is 9. The van der Waals surface area contributed by atoms with Crippen molar-refractivity contribution < 1.29 is 47.0 Å². The molecule has 228 valence electrons. The number of benzene rings is 2. The van der Waals surface area contributed by atoms with Crippen LogP contribution in [0.2, 0.25) is 0 Å². The number of carbonyl (C=O) groups excluding carboxylic acids is 2. The first-order chi connectivity index (χ1) is 19.1. The van der Waals surface area contributed by atoms with E-state index in [0.717, 1.165) is 11.1 Å². The number of carbonyl (C=O) groups is 2. The standard InChI is InChI=1S/C29H42NO10P/c1-28(2,3)39-26(31)25(30-27(32)40-29(4,5)6)21-38-41(33,34)37-20-24(36-18-23-15-11-8-12-16-23)19-35-17-22-13-9-7-10-14-22/h7-16,24-25H,17-21H2,1-6H3,(H,30,32)(H,33,34)/t24-,25?/m1/s1. The molecular weight excluding hydrogens is 553 g/mol. The maximum absolute atomic E-state index is 12.7. The van der Waals surface area contributed by atoms with Crippen LogP contribution in [0.4, 0.5) is 4.79 Å². The minimum absolute atomic E-state index is 0.0719. The van der Waals surface area contributed by atoms with Gasteiger partial charge in [-0.05, 0) is 52.7 Å². The van der Waals surface area contributed by atoms with Crippen LogP contribution in [0.25, 0.3) is 0 Å². The number of esters is 1. The van der Waals surface area contributed by atoms with Crippen molar-refractivity contribution in [3.8, 4) is 0 Å². The van der Waals surface area contributed by atoms with Crippen molar-refractivity contribution in [1.29, 1.82) is 0 Å². The monoisotopic (exact) mass is 595 g/mol. The molecule has 2 unspecified atom stereocenters. The van der Waals surface area contributed by atoms with E-state index in [1.165, 1.54) is 0 Å². The first kappa shape index (κ1) is 34.4. The molecular formula is C29H42NO10P. The molecule has 0 saturated heterocycles. The zero-order valence-electron chi connectivity index (χ0n) is 24.5. The van der Waals surface area contributed by atoms with Crippen molar-refractivity contribution in [2.24, 2.45) is 0 Å². The molecule has 0 aliphatic heterocycles. The molecule has 2 aromatic rings. The van der Waals surface area contributed by atoms with Crippen LogP contribution in [-0.4, -0.2) is 60.1 Å². The summed E-state index contributed by atoms with van der Waals surface area (Å²) in [5.74, 6) is -0.873. The predicted octanol–water partition coefficient (Wildman–Crippen LogP) is 5.16. The van der Waals surface area contributed by atoms with Gasteiger partial charge in [0.05, 0.1) is 33.0 Å². The van der Waals surface area contributed by atoms with Crippen LogP contribution in [0.1, 0.15) is 52.7 Å². The zero-order chi connectivity index (χ0) is 30.5. The Balaban J connectivity index is 2.00. The molecule has 0 saturated carbocycles. The summed E-state index contributed by atoms with van der Waals surface area (Å²) in [7, 11) is -4.70. The molecule has 0 heterocycles. The van der Waals surface area contributed by atoms with E-state index in [4.69, 9.17) is 28.0 Å². The minimum Gasteiger partial charge on any atom is -0.458 e. The van der Waals surface area contributed by atoms with E-state index in [9.17, 15) is 19.0 Å². The molecule has 2 N–H and O–H groups in total. The Morgan fingerprint density at radius 2 is 1.29 bits per heavy atom. The summed E-state index contributed by atoms with van der Waals surface area (Å²) in [6, 6.07) is 17.5. The van der Waals surface area contributed by atoms with Gasteiger partial charge in [0.1, 0.15) is 17.3 Å². The number of alkyl carbamates (subject to hydrolysis) is 1. The van der Waals surface area contributed by atoms with E-state index in [-0.39, 0.29) is 19.8 Å². The molecule has 0 aliphatic carbocycles. The van der Waals surface area contributed by atoms with Gasteiger partial charge in [-0.15, -0.1) is 0 Å². The molecule has 41 heavy (non-hydrogen) atoms. The van der Waals surface area contributed by atoms with Gasteiger partial charge in [0.2, 0.25) is 0 Å². The third-order valence-corrected chi connectivity index (χ3v) is 5.90. The predicted molar refractivity (Wildman–Crippen MR) is 152 cm³/mol. The lowest BCUT2D eigenvalue weighted by Gasteiger charge is -2.26.